The number of thioether (sulfide) groups is 1. The minimum Gasteiger partial charge on any atom is -0.338 e. The molecule has 0 unspecified atom stereocenters. The van der Waals surface area contributed by atoms with Crippen molar-refractivity contribution in [2.75, 3.05) is 12.8 Å². The molecule has 1 aromatic heterocycles. The number of rotatable bonds is 8. The van der Waals surface area contributed by atoms with Crippen LogP contribution in [0.3, 0.4) is 0 Å². The summed E-state index contributed by atoms with van der Waals surface area (Å²) in [7, 11) is 1.80. The molecule has 3 aromatic rings. The topological polar surface area (TPSA) is 51.0 Å². The number of benzene rings is 2. The second-order valence-electron chi connectivity index (χ2n) is 6.59. The highest BCUT2D eigenvalue weighted by atomic mass is 32.2. The first-order chi connectivity index (χ1) is 14.0. The smallest absolute Gasteiger partial charge is 0.233 e. The zero-order chi connectivity index (χ0) is 20.8. The Labute approximate surface area is 174 Å². The lowest BCUT2D eigenvalue weighted by atomic mass is 10.1. The van der Waals surface area contributed by atoms with E-state index in [0.29, 0.717) is 17.5 Å². The zero-order valence-corrected chi connectivity index (χ0v) is 17.3. The molecule has 1 atom stereocenters. The van der Waals surface area contributed by atoms with Gasteiger partial charge in [0.25, 0.3) is 0 Å². The first-order valence-corrected chi connectivity index (χ1v) is 10.2. The maximum Gasteiger partial charge on any atom is 0.233 e. The second-order valence-corrected chi connectivity index (χ2v) is 7.53. The summed E-state index contributed by atoms with van der Waals surface area (Å²) in [6.07, 6.45) is 1.74. The van der Waals surface area contributed by atoms with Crippen molar-refractivity contribution in [3.8, 4) is 11.4 Å². The Morgan fingerprint density at radius 3 is 2.55 bits per heavy atom. The molecule has 1 amide bonds. The minimum atomic E-state index is -0.306. The van der Waals surface area contributed by atoms with E-state index in [9.17, 15) is 9.18 Å². The average Bonchev–Trinajstić information content (AvgIpc) is 3.15. The molecule has 150 valence electrons. The third kappa shape index (κ3) is 4.92. The van der Waals surface area contributed by atoms with Crippen molar-refractivity contribution in [1.29, 1.82) is 0 Å². The lowest BCUT2D eigenvalue weighted by molar-refractivity contribution is -0.128. The summed E-state index contributed by atoms with van der Waals surface area (Å²) < 4.78 is 15.1. The first-order valence-electron chi connectivity index (χ1n) is 9.24. The molecule has 0 radical (unpaired) electrons. The normalized spacial score (nSPS) is 11.8. The fourth-order valence-electron chi connectivity index (χ4n) is 2.90. The van der Waals surface area contributed by atoms with Crippen molar-refractivity contribution < 1.29 is 9.18 Å². The summed E-state index contributed by atoms with van der Waals surface area (Å²) in [6, 6.07) is 16.0. The Morgan fingerprint density at radius 1 is 1.21 bits per heavy atom. The highest BCUT2D eigenvalue weighted by Crippen LogP contribution is 2.26. The highest BCUT2D eigenvalue weighted by molar-refractivity contribution is 7.99. The van der Waals surface area contributed by atoms with Crippen LogP contribution in [0, 0.1) is 5.82 Å². The molecule has 1 heterocycles. The SMILES string of the molecule is C=CCn1c(SCC(=O)N(C)[C@H](C)c2ccccc2)nnc1-c1ccc(F)cc1. The number of hydrogen-bond donors (Lipinski definition) is 0. The molecule has 0 N–H and O–H groups in total. The maximum atomic E-state index is 13.2. The van der Waals surface area contributed by atoms with Gasteiger partial charge in [0, 0.05) is 19.2 Å². The fraction of sp³-hybridized carbons (Fsp3) is 0.227. The number of carbonyl (C=O) groups is 1. The number of amides is 1. The molecule has 0 saturated heterocycles. The van der Waals surface area contributed by atoms with E-state index in [1.165, 1.54) is 23.9 Å². The second kappa shape index (κ2) is 9.52. The van der Waals surface area contributed by atoms with Gasteiger partial charge in [0.1, 0.15) is 5.82 Å². The fourth-order valence-corrected chi connectivity index (χ4v) is 3.77. The van der Waals surface area contributed by atoms with Crippen molar-refractivity contribution in [3.05, 3.63) is 78.6 Å². The molecule has 29 heavy (non-hydrogen) atoms. The number of carbonyl (C=O) groups excluding carboxylic acids is 1. The van der Waals surface area contributed by atoms with E-state index in [2.05, 4.69) is 16.8 Å². The van der Waals surface area contributed by atoms with Gasteiger partial charge in [-0.2, -0.15) is 0 Å². The van der Waals surface area contributed by atoms with E-state index in [1.54, 1.807) is 30.2 Å². The number of hydrogen-bond acceptors (Lipinski definition) is 4. The molecule has 0 fully saturated rings. The van der Waals surface area contributed by atoms with Crippen LogP contribution in [0.2, 0.25) is 0 Å². The van der Waals surface area contributed by atoms with E-state index >= 15 is 0 Å². The molecule has 0 aliphatic heterocycles. The molecular formula is C22H23FN4OS. The van der Waals surface area contributed by atoms with Crippen LogP contribution in [0.15, 0.2) is 72.4 Å². The lowest BCUT2D eigenvalue weighted by Crippen LogP contribution is -2.31. The largest absolute Gasteiger partial charge is 0.338 e. The number of halogens is 1. The summed E-state index contributed by atoms with van der Waals surface area (Å²) in [5, 5.41) is 9.09. The van der Waals surface area contributed by atoms with Gasteiger partial charge in [0.15, 0.2) is 11.0 Å². The molecule has 0 aliphatic carbocycles. The van der Waals surface area contributed by atoms with Crippen LogP contribution in [-0.4, -0.2) is 38.4 Å². The van der Waals surface area contributed by atoms with Gasteiger partial charge in [-0.3, -0.25) is 9.36 Å². The number of nitrogens with zero attached hydrogens (tertiary/aromatic N) is 4. The first kappa shape index (κ1) is 20.8. The Hall–Kier alpha value is -2.93. The van der Waals surface area contributed by atoms with Gasteiger partial charge in [-0.15, -0.1) is 16.8 Å². The van der Waals surface area contributed by atoms with Crippen molar-refractivity contribution in [2.24, 2.45) is 0 Å². The quantitative estimate of drug-likeness (QED) is 0.403. The van der Waals surface area contributed by atoms with Crippen LogP contribution in [-0.2, 0) is 11.3 Å². The van der Waals surface area contributed by atoms with Gasteiger partial charge in [-0.05, 0) is 36.8 Å². The summed E-state index contributed by atoms with van der Waals surface area (Å²) >= 11 is 1.33. The van der Waals surface area contributed by atoms with Gasteiger partial charge >= 0.3 is 0 Å². The highest BCUT2D eigenvalue weighted by Gasteiger charge is 2.20. The van der Waals surface area contributed by atoms with Crippen LogP contribution in [0.25, 0.3) is 11.4 Å². The molecule has 0 bridgehead atoms. The summed E-state index contributed by atoms with van der Waals surface area (Å²) in [6.45, 7) is 6.28. The molecule has 0 aliphatic rings. The summed E-state index contributed by atoms with van der Waals surface area (Å²) in [5.74, 6) is 0.555. The van der Waals surface area contributed by atoms with Crippen LogP contribution in [0.1, 0.15) is 18.5 Å². The molecule has 2 aromatic carbocycles. The Kier molecular flexibility index (Phi) is 6.82. The average molecular weight is 411 g/mol. The Bertz CT molecular complexity index is 972. The van der Waals surface area contributed by atoms with Gasteiger partial charge < -0.3 is 4.90 Å². The van der Waals surface area contributed by atoms with Crippen molar-refractivity contribution >= 4 is 17.7 Å². The van der Waals surface area contributed by atoms with Gasteiger partial charge in [-0.1, -0.05) is 48.2 Å². The van der Waals surface area contributed by atoms with Crippen LogP contribution < -0.4 is 0 Å². The third-order valence-corrected chi connectivity index (χ3v) is 5.66. The van der Waals surface area contributed by atoms with Crippen molar-refractivity contribution in [1.82, 2.24) is 19.7 Å². The lowest BCUT2D eigenvalue weighted by Gasteiger charge is -2.25. The van der Waals surface area contributed by atoms with Gasteiger partial charge in [0.05, 0.1) is 11.8 Å². The molecule has 3 rings (SSSR count). The van der Waals surface area contributed by atoms with Crippen molar-refractivity contribution in [3.63, 3.8) is 0 Å². The predicted molar refractivity (Wildman–Crippen MR) is 114 cm³/mol. The molecule has 7 heteroatoms. The molecular weight excluding hydrogens is 387 g/mol. The van der Waals surface area contributed by atoms with Gasteiger partial charge in [0.2, 0.25) is 5.91 Å². The minimum absolute atomic E-state index is 0.00263. The summed E-state index contributed by atoms with van der Waals surface area (Å²) in [4.78, 5) is 14.4. The van der Waals surface area contributed by atoms with Crippen LogP contribution in [0.5, 0.6) is 0 Å². The molecule has 0 spiro atoms. The predicted octanol–water partition coefficient (Wildman–Crippen LogP) is 4.58. The number of allylic oxidation sites excluding steroid dienone is 1. The standard InChI is InChI=1S/C22H23FN4OS/c1-4-14-27-21(18-10-12-19(23)13-11-18)24-25-22(27)29-15-20(28)26(3)16(2)17-8-6-5-7-9-17/h4-13,16H,1,14-15H2,2-3H3/t16-/m1/s1. The zero-order valence-electron chi connectivity index (χ0n) is 16.5. The van der Waals surface area contributed by atoms with E-state index in [4.69, 9.17) is 0 Å². The third-order valence-electron chi connectivity index (χ3n) is 4.71. The molecule has 5 nitrogen and oxygen atoms in total. The van der Waals surface area contributed by atoms with Crippen molar-refractivity contribution in [2.45, 2.75) is 24.7 Å². The van der Waals surface area contributed by atoms with Crippen LogP contribution >= 0.6 is 11.8 Å². The van der Waals surface area contributed by atoms with E-state index in [1.807, 2.05) is 41.8 Å². The van der Waals surface area contributed by atoms with E-state index in [0.717, 1.165) is 11.1 Å². The van der Waals surface area contributed by atoms with Gasteiger partial charge in [-0.25, -0.2) is 4.39 Å². The van der Waals surface area contributed by atoms with E-state index < -0.39 is 0 Å². The monoisotopic (exact) mass is 410 g/mol. The maximum absolute atomic E-state index is 13.2. The van der Waals surface area contributed by atoms with E-state index in [-0.39, 0.29) is 23.5 Å². The molecule has 0 saturated carbocycles. The number of aromatic nitrogens is 3. The Morgan fingerprint density at radius 2 is 1.90 bits per heavy atom. The summed E-state index contributed by atoms with van der Waals surface area (Å²) in [5.41, 5.74) is 1.84. The van der Waals surface area contributed by atoms with Crippen LogP contribution in [0.4, 0.5) is 4.39 Å². The Balaban J connectivity index is 1.72.